The summed E-state index contributed by atoms with van der Waals surface area (Å²) in [6, 6.07) is 4.47. The Morgan fingerprint density at radius 2 is 2.24 bits per heavy atom. The molecule has 3 aromatic rings. The van der Waals surface area contributed by atoms with Crippen LogP contribution >= 0.6 is 22.9 Å². The first-order valence-corrected chi connectivity index (χ1v) is 8.73. The van der Waals surface area contributed by atoms with Crippen LogP contribution < -0.4 is 0 Å². The lowest BCUT2D eigenvalue weighted by Crippen LogP contribution is -2.05. The Morgan fingerprint density at radius 3 is 2.96 bits per heavy atom. The first-order valence-electron chi connectivity index (χ1n) is 7.47. The van der Waals surface area contributed by atoms with Crippen LogP contribution in [0.1, 0.15) is 28.2 Å². The molecule has 4 rings (SSSR count). The minimum Gasteiger partial charge on any atom is -0.476 e. The van der Waals surface area contributed by atoms with Gasteiger partial charge in [0.1, 0.15) is 11.5 Å². The topological polar surface area (TPSA) is 68.0 Å². The molecule has 126 valence electrons. The van der Waals surface area contributed by atoms with Crippen LogP contribution in [0, 0.1) is 5.82 Å². The van der Waals surface area contributed by atoms with Crippen molar-refractivity contribution in [1.82, 2.24) is 14.8 Å². The number of rotatable bonds is 3. The third-order valence-electron chi connectivity index (χ3n) is 3.94. The van der Waals surface area contributed by atoms with Crippen molar-refractivity contribution in [2.45, 2.75) is 12.8 Å². The summed E-state index contributed by atoms with van der Waals surface area (Å²) in [5.41, 5.74) is 3.22. The van der Waals surface area contributed by atoms with Crippen molar-refractivity contribution < 1.29 is 14.3 Å². The molecule has 0 radical (unpaired) electrons. The Hall–Kier alpha value is -2.51. The minimum atomic E-state index is -1.08. The Kier molecular flexibility index (Phi) is 3.89. The van der Waals surface area contributed by atoms with Crippen LogP contribution in [0.3, 0.4) is 0 Å². The van der Waals surface area contributed by atoms with Gasteiger partial charge in [-0.15, -0.1) is 11.3 Å². The quantitative estimate of drug-likeness (QED) is 0.734. The molecule has 0 spiro atoms. The molecule has 0 amide bonds. The van der Waals surface area contributed by atoms with Crippen molar-refractivity contribution in [1.29, 1.82) is 0 Å². The lowest BCUT2D eigenvalue weighted by molar-refractivity contribution is 0.0691. The van der Waals surface area contributed by atoms with E-state index in [2.05, 4.69) is 10.1 Å². The number of aromatic carboxylic acids is 1. The fraction of sp³-hybridized carbons (Fsp3) is 0.118. The monoisotopic (exact) mass is 375 g/mol. The summed E-state index contributed by atoms with van der Waals surface area (Å²) >= 11 is 7.12. The van der Waals surface area contributed by atoms with Gasteiger partial charge in [-0.3, -0.25) is 0 Å². The van der Waals surface area contributed by atoms with Crippen molar-refractivity contribution in [3.05, 3.63) is 57.4 Å². The van der Waals surface area contributed by atoms with E-state index >= 15 is 0 Å². The zero-order valence-corrected chi connectivity index (χ0v) is 14.3. The molecular formula is C17H11ClFN3O2S. The van der Waals surface area contributed by atoms with Gasteiger partial charge >= 0.3 is 5.97 Å². The number of halogens is 2. The van der Waals surface area contributed by atoms with Crippen LogP contribution in [0.4, 0.5) is 4.39 Å². The van der Waals surface area contributed by atoms with Crippen molar-refractivity contribution in [3.8, 4) is 16.4 Å². The van der Waals surface area contributed by atoms with E-state index in [9.17, 15) is 9.18 Å². The summed E-state index contributed by atoms with van der Waals surface area (Å²) < 4.78 is 15.1. The summed E-state index contributed by atoms with van der Waals surface area (Å²) in [6.45, 7) is 0. The normalized spacial score (nSPS) is 13.0. The predicted molar refractivity (Wildman–Crippen MR) is 94.0 cm³/mol. The number of nitrogens with zero attached hydrogens (tertiary/aromatic N) is 3. The van der Waals surface area contributed by atoms with E-state index in [0.29, 0.717) is 16.4 Å². The molecule has 0 bridgehead atoms. The smallest absolute Gasteiger partial charge is 0.355 e. The third-order valence-corrected chi connectivity index (χ3v) is 5.05. The number of fused-ring (bicyclic) bond motifs is 1. The molecule has 0 saturated heterocycles. The van der Waals surface area contributed by atoms with E-state index < -0.39 is 11.8 Å². The molecule has 0 unspecified atom stereocenters. The van der Waals surface area contributed by atoms with Crippen LogP contribution in [0.2, 0.25) is 5.02 Å². The molecule has 0 fully saturated rings. The van der Waals surface area contributed by atoms with E-state index in [1.54, 1.807) is 10.7 Å². The van der Waals surface area contributed by atoms with Gasteiger partial charge in [0.25, 0.3) is 0 Å². The number of carboxylic acid groups (broad SMARTS) is 1. The number of carbonyl (C=O) groups is 1. The fourth-order valence-electron chi connectivity index (χ4n) is 2.78. The average molecular weight is 376 g/mol. The van der Waals surface area contributed by atoms with E-state index in [1.807, 2.05) is 12.2 Å². The third kappa shape index (κ3) is 2.75. The van der Waals surface area contributed by atoms with Crippen molar-refractivity contribution >= 4 is 35.0 Å². The van der Waals surface area contributed by atoms with E-state index in [-0.39, 0.29) is 10.7 Å². The average Bonchev–Trinajstić information content (AvgIpc) is 3.22. The van der Waals surface area contributed by atoms with Crippen LogP contribution in [0.25, 0.3) is 22.5 Å². The first kappa shape index (κ1) is 16.0. The molecule has 0 atom stereocenters. The predicted octanol–water partition coefficient (Wildman–Crippen LogP) is 4.45. The first-order chi connectivity index (χ1) is 12.0. The number of hydrogen-bond donors (Lipinski definition) is 1. The Morgan fingerprint density at radius 1 is 1.40 bits per heavy atom. The van der Waals surface area contributed by atoms with Crippen molar-refractivity contribution in [2.75, 3.05) is 0 Å². The van der Waals surface area contributed by atoms with Gasteiger partial charge in [0.2, 0.25) is 5.13 Å². The SMILES string of the molecule is O=C(O)c1csc(-n2nc(-c3ccc(F)c(Cl)c3)c3c2CCC=C3)n1. The maximum absolute atomic E-state index is 13.5. The zero-order valence-electron chi connectivity index (χ0n) is 12.7. The second-order valence-corrected chi connectivity index (χ2v) is 6.75. The molecular weight excluding hydrogens is 365 g/mol. The summed E-state index contributed by atoms with van der Waals surface area (Å²) in [6.07, 6.45) is 5.64. The summed E-state index contributed by atoms with van der Waals surface area (Å²) in [7, 11) is 0. The van der Waals surface area contributed by atoms with Crippen LogP contribution in [0.5, 0.6) is 0 Å². The highest BCUT2D eigenvalue weighted by molar-refractivity contribution is 7.12. The minimum absolute atomic E-state index is 0.0121. The second-order valence-electron chi connectivity index (χ2n) is 5.51. The molecule has 2 aromatic heterocycles. The molecule has 1 aliphatic carbocycles. The molecule has 1 N–H and O–H groups in total. The Balaban J connectivity index is 1.89. The van der Waals surface area contributed by atoms with Crippen LogP contribution in [-0.2, 0) is 6.42 Å². The number of thiazole rings is 1. The second kappa shape index (κ2) is 6.09. The van der Waals surface area contributed by atoms with Gasteiger partial charge in [-0.05, 0) is 31.0 Å². The van der Waals surface area contributed by atoms with Gasteiger partial charge in [0, 0.05) is 16.5 Å². The lowest BCUT2D eigenvalue weighted by atomic mass is 9.99. The largest absolute Gasteiger partial charge is 0.476 e. The van der Waals surface area contributed by atoms with Gasteiger partial charge in [0.15, 0.2) is 5.69 Å². The maximum atomic E-state index is 13.5. The van der Waals surface area contributed by atoms with Crippen LogP contribution in [0.15, 0.2) is 29.7 Å². The molecule has 0 saturated carbocycles. The molecule has 5 nitrogen and oxygen atoms in total. The summed E-state index contributed by atoms with van der Waals surface area (Å²) in [5.74, 6) is -1.56. The number of hydrogen-bond acceptors (Lipinski definition) is 4. The Bertz CT molecular complexity index is 1030. The molecule has 25 heavy (non-hydrogen) atoms. The lowest BCUT2D eigenvalue weighted by Gasteiger charge is -2.08. The van der Waals surface area contributed by atoms with Crippen molar-refractivity contribution in [3.63, 3.8) is 0 Å². The van der Waals surface area contributed by atoms with E-state index in [1.165, 1.54) is 28.8 Å². The van der Waals surface area contributed by atoms with Gasteiger partial charge < -0.3 is 5.11 Å². The molecule has 2 heterocycles. The number of allylic oxidation sites excluding steroid dienone is 1. The molecule has 1 aliphatic rings. The highest BCUT2D eigenvalue weighted by Crippen LogP contribution is 2.34. The molecule has 0 aliphatic heterocycles. The van der Waals surface area contributed by atoms with Gasteiger partial charge in [0.05, 0.1) is 10.7 Å². The molecule has 8 heteroatoms. The molecule has 1 aromatic carbocycles. The van der Waals surface area contributed by atoms with Crippen LogP contribution in [-0.4, -0.2) is 25.8 Å². The summed E-state index contributed by atoms with van der Waals surface area (Å²) in [4.78, 5) is 15.2. The highest BCUT2D eigenvalue weighted by atomic mass is 35.5. The Labute approximate surface area is 151 Å². The van der Waals surface area contributed by atoms with E-state index in [4.69, 9.17) is 16.7 Å². The highest BCUT2D eigenvalue weighted by Gasteiger charge is 2.22. The maximum Gasteiger partial charge on any atom is 0.355 e. The van der Waals surface area contributed by atoms with Crippen molar-refractivity contribution in [2.24, 2.45) is 0 Å². The number of aromatic nitrogens is 3. The number of carboxylic acids is 1. The number of benzene rings is 1. The van der Waals surface area contributed by atoms with Gasteiger partial charge in [-0.1, -0.05) is 23.8 Å². The summed E-state index contributed by atoms with van der Waals surface area (Å²) in [5, 5.41) is 15.7. The standard InChI is InChI=1S/C17H11ClFN3O2S/c18-11-7-9(5-6-12(11)19)15-10-3-1-2-4-14(10)22(21-15)17-20-13(8-25-17)16(23)24/h1,3,5-8H,2,4H2,(H,23,24). The van der Waals surface area contributed by atoms with Gasteiger partial charge in [-0.2, -0.15) is 5.10 Å². The van der Waals surface area contributed by atoms with E-state index in [0.717, 1.165) is 24.1 Å². The van der Waals surface area contributed by atoms with Gasteiger partial charge in [-0.25, -0.2) is 18.9 Å². The zero-order chi connectivity index (χ0) is 17.6. The fourth-order valence-corrected chi connectivity index (χ4v) is 3.73.